The van der Waals surface area contributed by atoms with Gasteiger partial charge in [-0.25, -0.2) is 15.0 Å². The van der Waals surface area contributed by atoms with Crippen LogP contribution in [0.3, 0.4) is 0 Å². The summed E-state index contributed by atoms with van der Waals surface area (Å²) in [6.07, 6.45) is 8.93. The molecule has 0 radical (unpaired) electrons. The van der Waals surface area contributed by atoms with Gasteiger partial charge in [0.1, 0.15) is 5.82 Å². The van der Waals surface area contributed by atoms with Crippen LogP contribution in [0.4, 0.5) is 0 Å². The summed E-state index contributed by atoms with van der Waals surface area (Å²) in [5.74, 6) is 1.63. The average Bonchev–Trinajstić information content (AvgIpc) is 2.78. The highest BCUT2D eigenvalue weighted by Gasteiger charge is 2.04. The van der Waals surface area contributed by atoms with Crippen LogP contribution in [-0.4, -0.2) is 26.1 Å². The molecule has 0 atom stereocenters. The van der Waals surface area contributed by atoms with E-state index in [1.807, 2.05) is 23.2 Å². The summed E-state index contributed by atoms with van der Waals surface area (Å²) in [5.41, 5.74) is 6.53. The highest BCUT2D eigenvalue weighted by molar-refractivity contribution is 5.17. The van der Waals surface area contributed by atoms with Gasteiger partial charge in [-0.3, -0.25) is 4.57 Å². The zero-order chi connectivity index (χ0) is 11.4. The maximum atomic E-state index is 5.47. The summed E-state index contributed by atoms with van der Waals surface area (Å²) in [4.78, 5) is 12.8. The van der Waals surface area contributed by atoms with E-state index in [9.17, 15) is 0 Å². The lowest BCUT2D eigenvalue weighted by Gasteiger charge is -2.04. The zero-order valence-electron chi connectivity index (χ0n) is 9.30. The van der Waals surface area contributed by atoms with Crippen molar-refractivity contribution in [2.24, 2.45) is 5.73 Å². The van der Waals surface area contributed by atoms with Gasteiger partial charge in [-0.1, -0.05) is 6.92 Å². The van der Waals surface area contributed by atoms with Crippen molar-refractivity contribution in [1.29, 1.82) is 0 Å². The first-order chi connectivity index (χ1) is 7.85. The number of rotatable bonds is 4. The van der Waals surface area contributed by atoms with Crippen LogP contribution in [0.1, 0.15) is 18.3 Å². The fourth-order valence-electron chi connectivity index (χ4n) is 1.55. The minimum absolute atomic E-state index is 0.619. The van der Waals surface area contributed by atoms with E-state index in [0.29, 0.717) is 12.5 Å². The van der Waals surface area contributed by atoms with Crippen LogP contribution in [0, 0.1) is 0 Å². The molecule has 84 valence electrons. The summed E-state index contributed by atoms with van der Waals surface area (Å²) in [6.45, 7) is 2.68. The van der Waals surface area contributed by atoms with E-state index in [1.54, 1.807) is 6.20 Å². The second kappa shape index (κ2) is 4.85. The average molecular weight is 217 g/mol. The van der Waals surface area contributed by atoms with Crippen LogP contribution in [0.5, 0.6) is 0 Å². The molecule has 0 unspecified atom stereocenters. The van der Waals surface area contributed by atoms with Gasteiger partial charge >= 0.3 is 0 Å². The Morgan fingerprint density at radius 3 is 2.62 bits per heavy atom. The molecule has 0 spiro atoms. The van der Waals surface area contributed by atoms with E-state index in [2.05, 4.69) is 21.9 Å². The van der Waals surface area contributed by atoms with Gasteiger partial charge in [-0.15, -0.1) is 0 Å². The van der Waals surface area contributed by atoms with Crippen molar-refractivity contribution in [2.45, 2.75) is 19.8 Å². The summed E-state index contributed by atoms with van der Waals surface area (Å²) < 4.78 is 1.90. The lowest BCUT2D eigenvalue weighted by molar-refractivity contribution is 0.825. The third-order valence-corrected chi connectivity index (χ3v) is 2.37. The third kappa shape index (κ3) is 2.09. The van der Waals surface area contributed by atoms with E-state index < -0.39 is 0 Å². The fraction of sp³-hybridized carbons (Fsp3) is 0.364. The second-order valence-electron chi connectivity index (χ2n) is 3.50. The number of nitrogens with zero attached hydrogens (tertiary/aromatic N) is 4. The van der Waals surface area contributed by atoms with Gasteiger partial charge in [0.15, 0.2) is 0 Å². The molecule has 2 N–H and O–H groups in total. The van der Waals surface area contributed by atoms with Crippen molar-refractivity contribution < 1.29 is 0 Å². The van der Waals surface area contributed by atoms with E-state index in [0.717, 1.165) is 24.2 Å². The molecule has 0 aliphatic heterocycles. The lowest BCUT2D eigenvalue weighted by Crippen LogP contribution is -2.07. The third-order valence-electron chi connectivity index (χ3n) is 2.37. The molecule has 0 fully saturated rings. The second-order valence-corrected chi connectivity index (χ2v) is 3.50. The summed E-state index contributed by atoms with van der Waals surface area (Å²) in [5, 5.41) is 0. The molecule has 2 aromatic heterocycles. The predicted octanol–water partition coefficient (Wildman–Crippen LogP) is 0.726. The molecule has 0 saturated heterocycles. The zero-order valence-corrected chi connectivity index (χ0v) is 9.30. The molecule has 0 aliphatic rings. The summed E-state index contributed by atoms with van der Waals surface area (Å²) in [7, 11) is 0. The minimum atomic E-state index is 0.619. The van der Waals surface area contributed by atoms with Crippen molar-refractivity contribution in [2.75, 3.05) is 6.54 Å². The molecule has 5 heteroatoms. The van der Waals surface area contributed by atoms with Gasteiger partial charge in [0.2, 0.25) is 5.95 Å². The van der Waals surface area contributed by atoms with Gasteiger partial charge < -0.3 is 5.73 Å². The molecule has 16 heavy (non-hydrogen) atoms. The molecule has 0 amide bonds. The number of hydrogen-bond acceptors (Lipinski definition) is 4. The molecular formula is C11H15N5. The van der Waals surface area contributed by atoms with Crippen molar-refractivity contribution >= 4 is 0 Å². The summed E-state index contributed by atoms with van der Waals surface area (Å²) >= 11 is 0. The first-order valence-electron chi connectivity index (χ1n) is 5.38. The van der Waals surface area contributed by atoms with Crippen molar-refractivity contribution in [1.82, 2.24) is 19.5 Å². The SMILES string of the molecule is CCc1nccn1-c1ncc(CCN)cn1. The number of imidazole rings is 1. The van der Waals surface area contributed by atoms with Crippen LogP contribution >= 0.6 is 0 Å². The topological polar surface area (TPSA) is 69.6 Å². The van der Waals surface area contributed by atoms with E-state index in [1.165, 1.54) is 0 Å². The molecule has 0 bridgehead atoms. The maximum absolute atomic E-state index is 5.47. The van der Waals surface area contributed by atoms with Gasteiger partial charge in [-0.05, 0) is 18.5 Å². The lowest BCUT2D eigenvalue weighted by atomic mass is 10.2. The fourth-order valence-corrected chi connectivity index (χ4v) is 1.55. The van der Waals surface area contributed by atoms with E-state index in [-0.39, 0.29) is 0 Å². The number of aromatic nitrogens is 4. The molecule has 0 aromatic carbocycles. The highest BCUT2D eigenvalue weighted by Crippen LogP contribution is 2.06. The minimum Gasteiger partial charge on any atom is -0.330 e. The molecule has 0 saturated carbocycles. The van der Waals surface area contributed by atoms with Gasteiger partial charge in [0.05, 0.1) is 0 Å². The first kappa shape index (κ1) is 10.8. The van der Waals surface area contributed by atoms with E-state index in [4.69, 9.17) is 5.73 Å². The van der Waals surface area contributed by atoms with Crippen LogP contribution in [0.2, 0.25) is 0 Å². The van der Waals surface area contributed by atoms with Gasteiger partial charge in [0, 0.05) is 31.2 Å². The highest BCUT2D eigenvalue weighted by atomic mass is 15.2. The van der Waals surface area contributed by atoms with Crippen LogP contribution in [-0.2, 0) is 12.8 Å². The Morgan fingerprint density at radius 1 is 1.25 bits per heavy atom. The Kier molecular flexibility index (Phi) is 3.26. The Labute approximate surface area is 94.4 Å². The Hall–Kier alpha value is -1.75. The molecule has 2 aromatic rings. The standard InChI is InChI=1S/C11H15N5/c1-2-10-13-5-6-16(10)11-14-7-9(3-4-12)8-15-11/h5-8H,2-4,12H2,1H3. The molecule has 0 aliphatic carbocycles. The predicted molar refractivity (Wildman–Crippen MR) is 61.3 cm³/mol. The van der Waals surface area contributed by atoms with Crippen molar-refractivity contribution in [3.05, 3.63) is 36.2 Å². The van der Waals surface area contributed by atoms with Crippen molar-refractivity contribution in [3.63, 3.8) is 0 Å². The number of aryl methyl sites for hydroxylation is 1. The van der Waals surface area contributed by atoms with Crippen LogP contribution in [0.25, 0.3) is 5.95 Å². The van der Waals surface area contributed by atoms with Crippen LogP contribution in [0.15, 0.2) is 24.8 Å². The number of hydrogen-bond donors (Lipinski definition) is 1. The Morgan fingerprint density at radius 2 is 2.00 bits per heavy atom. The van der Waals surface area contributed by atoms with Crippen molar-refractivity contribution in [3.8, 4) is 5.95 Å². The normalized spacial score (nSPS) is 10.6. The smallest absolute Gasteiger partial charge is 0.235 e. The maximum Gasteiger partial charge on any atom is 0.235 e. The van der Waals surface area contributed by atoms with Gasteiger partial charge in [-0.2, -0.15) is 0 Å². The Bertz CT molecular complexity index is 446. The van der Waals surface area contributed by atoms with E-state index >= 15 is 0 Å². The largest absolute Gasteiger partial charge is 0.330 e. The Balaban J connectivity index is 2.27. The monoisotopic (exact) mass is 217 g/mol. The quantitative estimate of drug-likeness (QED) is 0.819. The molecule has 2 rings (SSSR count). The molecule has 5 nitrogen and oxygen atoms in total. The molecule has 2 heterocycles. The number of nitrogens with two attached hydrogens (primary N) is 1. The van der Waals surface area contributed by atoms with Crippen LogP contribution < -0.4 is 5.73 Å². The van der Waals surface area contributed by atoms with Gasteiger partial charge in [0.25, 0.3) is 0 Å². The summed E-state index contributed by atoms with van der Waals surface area (Å²) in [6, 6.07) is 0. The first-order valence-corrected chi connectivity index (χ1v) is 5.38. The molecular weight excluding hydrogens is 202 g/mol.